The summed E-state index contributed by atoms with van der Waals surface area (Å²) >= 11 is 0. The van der Waals surface area contributed by atoms with Crippen LogP contribution in [0.3, 0.4) is 0 Å². The number of H-pyrrole nitrogens is 1. The Morgan fingerprint density at radius 3 is 3.31 bits per heavy atom. The first-order chi connectivity index (χ1) is 7.72. The van der Waals surface area contributed by atoms with E-state index >= 15 is 0 Å². The Bertz CT molecular complexity index is 375. The molecule has 0 spiro atoms. The summed E-state index contributed by atoms with van der Waals surface area (Å²) in [5.41, 5.74) is 2.18. The fourth-order valence-electron chi connectivity index (χ4n) is 2.18. The molecule has 16 heavy (non-hydrogen) atoms. The van der Waals surface area contributed by atoms with Crippen molar-refractivity contribution >= 4 is 5.91 Å². The molecule has 0 fully saturated rings. The molecule has 1 aliphatic carbocycles. The first-order valence-electron chi connectivity index (χ1n) is 5.59. The first kappa shape index (κ1) is 11.1. The van der Waals surface area contributed by atoms with Gasteiger partial charge in [-0.25, -0.2) is 4.98 Å². The molecule has 0 aromatic carbocycles. The quantitative estimate of drug-likeness (QED) is 0.755. The Hall–Kier alpha value is -1.36. The molecule has 0 saturated carbocycles. The number of aromatic nitrogens is 2. The van der Waals surface area contributed by atoms with Crippen molar-refractivity contribution in [2.24, 2.45) is 5.92 Å². The molecule has 2 rings (SSSR count). The highest BCUT2D eigenvalue weighted by molar-refractivity contribution is 5.79. The first-order valence-corrected chi connectivity index (χ1v) is 5.59. The minimum absolute atomic E-state index is 0.0181. The van der Waals surface area contributed by atoms with Crippen molar-refractivity contribution in [1.29, 1.82) is 0 Å². The van der Waals surface area contributed by atoms with Crippen LogP contribution in [-0.2, 0) is 17.6 Å². The van der Waals surface area contributed by atoms with E-state index in [1.165, 1.54) is 0 Å². The maximum atomic E-state index is 12.0. The number of carbonyl (C=O) groups excluding carboxylic acids is 1. The monoisotopic (exact) mass is 223 g/mol. The molecular formula is C11H17N3O2. The molecule has 1 aromatic heterocycles. The lowest BCUT2D eigenvalue weighted by Gasteiger charge is -2.25. The smallest absolute Gasteiger partial charge is 0.225 e. The predicted molar refractivity (Wildman–Crippen MR) is 58.8 cm³/mol. The van der Waals surface area contributed by atoms with E-state index in [-0.39, 0.29) is 18.4 Å². The number of rotatable bonds is 3. The molecule has 0 saturated heterocycles. The topological polar surface area (TPSA) is 69.2 Å². The Labute approximate surface area is 94.5 Å². The van der Waals surface area contributed by atoms with E-state index in [1.54, 1.807) is 18.3 Å². The maximum absolute atomic E-state index is 12.0. The van der Waals surface area contributed by atoms with Gasteiger partial charge in [0.15, 0.2) is 0 Å². The van der Waals surface area contributed by atoms with Crippen LogP contribution in [0.15, 0.2) is 6.33 Å². The Morgan fingerprint density at radius 1 is 1.75 bits per heavy atom. The van der Waals surface area contributed by atoms with Crippen LogP contribution in [0.2, 0.25) is 0 Å². The second-order valence-electron chi connectivity index (χ2n) is 4.25. The van der Waals surface area contributed by atoms with Crippen molar-refractivity contribution < 1.29 is 9.90 Å². The van der Waals surface area contributed by atoms with Gasteiger partial charge in [0.05, 0.1) is 18.6 Å². The summed E-state index contributed by atoms with van der Waals surface area (Å²) in [5.74, 6) is 0.152. The number of hydrogen-bond donors (Lipinski definition) is 2. The van der Waals surface area contributed by atoms with Gasteiger partial charge in [-0.2, -0.15) is 0 Å². The number of hydrogen-bond acceptors (Lipinski definition) is 3. The van der Waals surface area contributed by atoms with Gasteiger partial charge in [-0.05, 0) is 12.8 Å². The third kappa shape index (κ3) is 2.09. The number of aliphatic hydroxyl groups is 1. The number of nitrogens with zero attached hydrogens (tertiary/aromatic N) is 2. The average molecular weight is 223 g/mol. The highest BCUT2D eigenvalue weighted by atomic mass is 16.3. The van der Waals surface area contributed by atoms with Crippen molar-refractivity contribution in [3.05, 3.63) is 17.7 Å². The van der Waals surface area contributed by atoms with Crippen LogP contribution in [0.1, 0.15) is 17.8 Å². The number of aryl methyl sites for hydroxylation is 1. The van der Waals surface area contributed by atoms with Gasteiger partial charge in [0.1, 0.15) is 0 Å². The van der Waals surface area contributed by atoms with E-state index in [0.717, 1.165) is 30.7 Å². The third-order valence-corrected chi connectivity index (χ3v) is 3.15. The number of imidazole rings is 1. The van der Waals surface area contributed by atoms with E-state index in [4.69, 9.17) is 5.11 Å². The maximum Gasteiger partial charge on any atom is 0.225 e. The largest absolute Gasteiger partial charge is 0.395 e. The van der Waals surface area contributed by atoms with Crippen LogP contribution >= 0.6 is 0 Å². The fourth-order valence-corrected chi connectivity index (χ4v) is 2.18. The summed E-state index contributed by atoms with van der Waals surface area (Å²) < 4.78 is 0. The summed E-state index contributed by atoms with van der Waals surface area (Å²) in [5, 5.41) is 8.80. The minimum atomic E-state index is 0.0181. The number of fused-ring (bicyclic) bond motifs is 1. The van der Waals surface area contributed by atoms with Gasteiger partial charge in [0.25, 0.3) is 0 Å². The molecule has 5 heteroatoms. The van der Waals surface area contributed by atoms with Gasteiger partial charge < -0.3 is 15.0 Å². The summed E-state index contributed by atoms with van der Waals surface area (Å²) in [4.78, 5) is 20.9. The van der Waals surface area contributed by atoms with E-state index in [0.29, 0.717) is 6.54 Å². The van der Waals surface area contributed by atoms with Crippen molar-refractivity contribution in [2.45, 2.75) is 19.3 Å². The number of aliphatic hydroxyl groups excluding tert-OH is 1. The zero-order valence-electron chi connectivity index (χ0n) is 9.44. The molecule has 1 amide bonds. The SMILES string of the molecule is CN(CCO)C(=O)C1CCc2nc[nH]c2C1. The molecule has 88 valence electrons. The predicted octanol–water partition coefficient (Wildman–Crippen LogP) is -0.0347. The highest BCUT2D eigenvalue weighted by Gasteiger charge is 2.27. The van der Waals surface area contributed by atoms with Crippen LogP contribution in [0.5, 0.6) is 0 Å². The van der Waals surface area contributed by atoms with Gasteiger partial charge in [0, 0.05) is 31.6 Å². The molecule has 0 radical (unpaired) electrons. The molecule has 1 aromatic rings. The summed E-state index contributed by atoms with van der Waals surface area (Å²) in [7, 11) is 1.74. The van der Waals surface area contributed by atoms with Crippen LogP contribution in [0.4, 0.5) is 0 Å². The van der Waals surface area contributed by atoms with Crippen LogP contribution in [-0.4, -0.2) is 46.1 Å². The summed E-state index contributed by atoms with van der Waals surface area (Å²) in [6.07, 6.45) is 4.15. The lowest BCUT2D eigenvalue weighted by Crippen LogP contribution is -2.37. The Balaban J connectivity index is 2.00. The number of likely N-dealkylation sites (N-methyl/N-ethyl adjacent to an activating group) is 1. The second-order valence-corrected chi connectivity index (χ2v) is 4.25. The lowest BCUT2D eigenvalue weighted by atomic mass is 9.89. The van der Waals surface area contributed by atoms with E-state index in [9.17, 15) is 4.79 Å². The molecule has 2 N–H and O–H groups in total. The van der Waals surface area contributed by atoms with Gasteiger partial charge in [-0.1, -0.05) is 0 Å². The normalized spacial score (nSPS) is 19.2. The standard InChI is InChI=1S/C11H17N3O2/c1-14(4-5-15)11(16)8-2-3-9-10(6-8)13-7-12-9/h7-8,15H,2-6H2,1H3,(H,12,13). The highest BCUT2D eigenvalue weighted by Crippen LogP contribution is 2.24. The van der Waals surface area contributed by atoms with Crippen molar-refractivity contribution in [1.82, 2.24) is 14.9 Å². The minimum Gasteiger partial charge on any atom is -0.395 e. The molecule has 5 nitrogen and oxygen atoms in total. The van der Waals surface area contributed by atoms with Gasteiger partial charge in [-0.3, -0.25) is 4.79 Å². The van der Waals surface area contributed by atoms with E-state index < -0.39 is 0 Å². The van der Waals surface area contributed by atoms with E-state index in [1.807, 2.05) is 0 Å². The Morgan fingerprint density at radius 2 is 2.56 bits per heavy atom. The van der Waals surface area contributed by atoms with Gasteiger partial charge in [0.2, 0.25) is 5.91 Å². The number of carbonyl (C=O) groups is 1. The molecule has 1 heterocycles. The third-order valence-electron chi connectivity index (χ3n) is 3.15. The summed E-state index contributed by atoms with van der Waals surface area (Å²) in [6.45, 7) is 0.426. The van der Waals surface area contributed by atoms with E-state index in [2.05, 4.69) is 9.97 Å². The van der Waals surface area contributed by atoms with Crippen molar-refractivity contribution in [3.8, 4) is 0 Å². The van der Waals surface area contributed by atoms with Crippen LogP contribution < -0.4 is 0 Å². The molecular weight excluding hydrogens is 206 g/mol. The molecule has 1 unspecified atom stereocenters. The van der Waals surface area contributed by atoms with Gasteiger partial charge >= 0.3 is 0 Å². The molecule has 0 aliphatic heterocycles. The Kier molecular flexibility index (Phi) is 3.24. The summed E-state index contributed by atoms with van der Waals surface area (Å²) in [6, 6.07) is 0. The molecule has 1 aliphatic rings. The average Bonchev–Trinajstić information content (AvgIpc) is 2.75. The molecule has 1 atom stereocenters. The van der Waals surface area contributed by atoms with Crippen LogP contribution in [0, 0.1) is 5.92 Å². The van der Waals surface area contributed by atoms with Crippen molar-refractivity contribution in [3.63, 3.8) is 0 Å². The second kappa shape index (κ2) is 4.65. The molecule has 0 bridgehead atoms. The number of aromatic amines is 1. The lowest BCUT2D eigenvalue weighted by molar-refractivity contribution is -0.135. The number of nitrogens with one attached hydrogen (secondary N) is 1. The number of amides is 1. The van der Waals surface area contributed by atoms with Gasteiger partial charge in [-0.15, -0.1) is 0 Å². The zero-order chi connectivity index (χ0) is 11.5. The zero-order valence-corrected chi connectivity index (χ0v) is 9.44. The van der Waals surface area contributed by atoms with Crippen LogP contribution in [0.25, 0.3) is 0 Å². The van der Waals surface area contributed by atoms with Crippen molar-refractivity contribution in [2.75, 3.05) is 20.2 Å². The fraction of sp³-hybridized carbons (Fsp3) is 0.636.